The van der Waals surface area contributed by atoms with E-state index in [1.54, 1.807) is 0 Å². The van der Waals surface area contributed by atoms with Crippen LogP contribution in [0.3, 0.4) is 0 Å². The largest absolute Gasteiger partial charge is 0.340 e. The van der Waals surface area contributed by atoms with E-state index in [0.717, 1.165) is 26.1 Å². The Kier molecular flexibility index (Phi) is 4.15. The summed E-state index contributed by atoms with van der Waals surface area (Å²) in [5.74, 6) is 0.280. The second-order valence-corrected chi connectivity index (χ2v) is 4.68. The first-order valence-corrected chi connectivity index (χ1v) is 6.31. The number of nitrogens with one attached hydrogen (secondary N) is 1. The number of benzene rings is 1. The first-order valence-electron chi connectivity index (χ1n) is 6.31. The van der Waals surface area contributed by atoms with E-state index >= 15 is 0 Å². The molecule has 3 heteroatoms. The van der Waals surface area contributed by atoms with Gasteiger partial charge in [0.05, 0.1) is 0 Å². The van der Waals surface area contributed by atoms with Crippen molar-refractivity contribution in [2.24, 2.45) is 0 Å². The minimum absolute atomic E-state index is 0.280. The lowest BCUT2D eigenvalue weighted by molar-refractivity contribution is -0.132. The zero-order chi connectivity index (χ0) is 12.1. The van der Waals surface area contributed by atoms with E-state index in [2.05, 4.69) is 24.4 Å². The summed E-state index contributed by atoms with van der Waals surface area (Å²) in [5.41, 5.74) is 1.24. The monoisotopic (exact) mass is 232 g/mol. The first kappa shape index (κ1) is 12.1. The van der Waals surface area contributed by atoms with Crippen molar-refractivity contribution in [3.8, 4) is 0 Å². The lowest BCUT2D eigenvalue weighted by atomic mass is 10.1. The summed E-state index contributed by atoms with van der Waals surface area (Å²) in [4.78, 5) is 14.0. The molecule has 1 aliphatic heterocycles. The molecule has 17 heavy (non-hydrogen) atoms. The summed E-state index contributed by atoms with van der Waals surface area (Å²) < 4.78 is 0. The van der Waals surface area contributed by atoms with Crippen molar-refractivity contribution in [3.05, 3.63) is 35.9 Å². The number of aryl methyl sites for hydroxylation is 1. The quantitative estimate of drug-likeness (QED) is 0.855. The molecule has 0 radical (unpaired) electrons. The smallest absolute Gasteiger partial charge is 0.222 e. The van der Waals surface area contributed by atoms with Crippen molar-refractivity contribution >= 4 is 5.91 Å². The number of carbonyl (C=O) groups is 1. The molecule has 1 aliphatic rings. The Morgan fingerprint density at radius 1 is 1.41 bits per heavy atom. The summed E-state index contributed by atoms with van der Waals surface area (Å²) in [6, 6.07) is 10.6. The summed E-state index contributed by atoms with van der Waals surface area (Å²) in [6.45, 7) is 4.72. The van der Waals surface area contributed by atoms with Crippen LogP contribution in [0.4, 0.5) is 0 Å². The van der Waals surface area contributed by atoms with Gasteiger partial charge in [-0.1, -0.05) is 30.3 Å². The standard InChI is InChI=1S/C14H20N2O/c1-12-11-16(10-9-15-12)14(17)8-7-13-5-3-2-4-6-13/h2-6,12,15H,7-11H2,1H3. The van der Waals surface area contributed by atoms with Gasteiger partial charge in [0, 0.05) is 32.1 Å². The Balaban J connectivity index is 1.81. The Labute approximate surface area is 103 Å². The van der Waals surface area contributed by atoms with Gasteiger partial charge in [0.25, 0.3) is 0 Å². The van der Waals surface area contributed by atoms with Crippen LogP contribution in [0.5, 0.6) is 0 Å². The Morgan fingerprint density at radius 3 is 2.88 bits per heavy atom. The molecule has 0 spiro atoms. The van der Waals surface area contributed by atoms with E-state index in [1.807, 2.05) is 23.1 Å². The third-order valence-corrected chi connectivity index (χ3v) is 3.19. The second-order valence-electron chi connectivity index (χ2n) is 4.68. The highest BCUT2D eigenvalue weighted by Gasteiger charge is 2.19. The third kappa shape index (κ3) is 3.56. The molecule has 1 aromatic rings. The molecule has 1 N–H and O–H groups in total. The third-order valence-electron chi connectivity index (χ3n) is 3.19. The van der Waals surface area contributed by atoms with E-state index < -0.39 is 0 Å². The van der Waals surface area contributed by atoms with Crippen LogP contribution < -0.4 is 5.32 Å². The molecular weight excluding hydrogens is 212 g/mol. The number of hydrogen-bond donors (Lipinski definition) is 1. The summed E-state index contributed by atoms with van der Waals surface area (Å²) in [5, 5.41) is 3.35. The van der Waals surface area contributed by atoms with E-state index in [9.17, 15) is 4.79 Å². The molecule has 1 unspecified atom stereocenters. The number of amides is 1. The predicted octanol–water partition coefficient (Wildman–Crippen LogP) is 1.44. The number of nitrogens with zero attached hydrogens (tertiary/aromatic N) is 1. The molecule has 1 heterocycles. The van der Waals surface area contributed by atoms with Gasteiger partial charge in [-0.25, -0.2) is 0 Å². The molecule has 1 saturated heterocycles. The molecule has 0 bridgehead atoms. The van der Waals surface area contributed by atoms with Crippen LogP contribution in [-0.4, -0.2) is 36.5 Å². The molecule has 3 nitrogen and oxygen atoms in total. The normalized spacial score (nSPS) is 20.3. The SMILES string of the molecule is CC1CN(C(=O)CCc2ccccc2)CCN1. The molecule has 0 aromatic heterocycles. The zero-order valence-electron chi connectivity index (χ0n) is 10.4. The molecule has 2 rings (SSSR count). The fourth-order valence-electron chi connectivity index (χ4n) is 2.21. The Morgan fingerprint density at radius 2 is 2.18 bits per heavy atom. The van der Waals surface area contributed by atoms with Gasteiger partial charge in [-0.05, 0) is 18.9 Å². The minimum atomic E-state index is 0.280. The molecule has 1 atom stereocenters. The van der Waals surface area contributed by atoms with Crippen LogP contribution in [0.15, 0.2) is 30.3 Å². The average Bonchev–Trinajstić information content (AvgIpc) is 2.37. The maximum Gasteiger partial charge on any atom is 0.222 e. The first-order chi connectivity index (χ1) is 8.25. The van der Waals surface area contributed by atoms with Gasteiger partial charge < -0.3 is 10.2 Å². The van der Waals surface area contributed by atoms with Crippen molar-refractivity contribution in [1.29, 1.82) is 0 Å². The topological polar surface area (TPSA) is 32.3 Å². The fraction of sp³-hybridized carbons (Fsp3) is 0.500. The van der Waals surface area contributed by atoms with Crippen molar-refractivity contribution in [1.82, 2.24) is 10.2 Å². The fourth-order valence-corrected chi connectivity index (χ4v) is 2.21. The van der Waals surface area contributed by atoms with Crippen molar-refractivity contribution in [2.45, 2.75) is 25.8 Å². The molecule has 0 aliphatic carbocycles. The van der Waals surface area contributed by atoms with Crippen LogP contribution in [0.1, 0.15) is 18.9 Å². The van der Waals surface area contributed by atoms with Gasteiger partial charge >= 0.3 is 0 Å². The van der Waals surface area contributed by atoms with Gasteiger partial charge in [0.2, 0.25) is 5.91 Å². The Bertz CT molecular complexity index is 364. The average molecular weight is 232 g/mol. The van der Waals surface area contributed by atoms with E-state index in [-0.39, 0.29) is 5.91 Å². The van der Waals surface area contributed by atoms with Crippen molar-refractivity contribution in [3.63, 3.8) is 0 Å². The van der Waals surface area contributed by atoms with Crippen molar-refractivity contribution < 1.29 is 4.79 Å². The predicted molar refractivity (Wildman–Crippen MR) is 68.8 cm³/mol. The van der Waals surface area contributed by atoms with Crippen LogP contribution in [-0.2, 0) is 11.2 Å². The molecular formula is C14H20N2O. The molecule has 1 fully saturated rings. The number of piperazine rings is 1. The maximum atomic E-state index is 12.0. The van der Waals surface area contributed by atoms with Crippen LogP contribution in [0, 0.1) is 0 Å². The second kappa shape index (κ2) is 5.82. The van der Waals surface area contributed by atoms with Gasteiger partial charge in [-0.2, -0.15) is 0 Å². The highest BCUT2D eigenvalue weighted by atomic mass is 16.2. The Hall–Kier alpha value is -1.35. The van der Waals surface area contributed by atoms with E-state index in [4.69, 9.17) is 0 Å². The molecule has 1 aromatic carbocycles. The van der Waals surface area contributed by atoms with Gasteiger partial charge in [-0.3, -0.25) is 4.79 Å². The van der Waals surface area contributed by atoms with E-state index in [1.165, 1.54) is 5.56 Å². The molecule has 0 saturated carbocycles. The number of rotatable bonds is 3. The minimum Gasteiger partial charge on any atom is -0.340 e. The van der Waals surface area contributed by atoms with Crippen LogP contribution in [0.2, 0.25) is 0 Å². The highest BCUT2D eigenvalue weighted by Crippen LogP contribution is 2.06. The van der Waals surface area contributed by atoms with Gasteiger partial charge in [0.15, 0.2) is 0 Å². The molecule has 1 amide bonds. The van der Waals surface area contributed by atoms with E-state index in [0.29, 0.717) is 12.5 Å². The lowest BCUT2D eigenvalue weighted by Crippen LogP contribution is -2.51. The number of hydrogen-bond acceptors (Lipinski definition) is 2. The molecule has 92 valence electrons. The summed E-state index contributed by atoms with van der Waals surface area (Å²) in [6.07, 6.45) is 1.47. The number of carbonyl (C=O) groups excluding carboxylic acids is 1. The summed E-state index contributed by atoms with van der Waals surface area (Å²) in [7, 11) is 0. The highest BCUT2D eigenvalue weighted by molar-refractivity contribution is 5.76. The zero-order valence-corrected chi connectivity index (χ0v) is 10.4. The van der Waals surface area contributed by atoms with Crippen molar-refractivity contribution in [2.75, 3.05) is 19.6 Å². The lowest BCUT2D eigenvalue weighted by Gasteiger charge is -2.32. The summed E-state index contributed by atoms with van der Waals surface area (Å²) >= 11 is 0. The van der Waals surface area contributed by atoms with Crippen LogP contribution >= 0.6 is 0 Å². The van der Waals surface area contributed by atoms with Gasteiger partial charge in [-0.15, -0.1) is 0 Å². The maximum absolute atomic E-state index is 12.0. The van der Waals surface area contributed by atoms with Crippen LogP contribution in [0.25, 0.3) is 0 Å². The van der Waals surface area contributed by atoms with Gasteiger partial charge in [0.1, 0.15) is 0 Å².